The number of rotatable bonds is 7. The van der Waals surface area contributed by atoms with Gasteiger partial charge in [0.15, 0.2) is 6.61 Å². The highest BCUT2D eigenvalue weighted by atomic mass is 19.4. The van der Waals surface area contributed by atoms with E-state index in [4.69, 9.17) is 0 Å². The third-order valence-electron chi connectivity index (χ3n) is 3.18. The average molecular weight is 381 g/mol. The molecule has 1 aromatic carbocycles. The highest BCUT2D eigenvalue weighted by Crippen LogP contribution is 2.20. The summed E-state index contributed by atoms with van der Waals surface area (Å²) in [7, 11) is 0. The molecule has 142 valence electrons. The van der Waals surface area contributed by atoms with Gasteiger partial charge in [0.05, 0.1) is 4.92 Å². The minimum Gasteiger partial charge on any atom is -0.468 e. The molecule has 0 aliphatic heterocycles. The third-order valence-corrected chi connectivity index (χ3v) is 3.18. The molecule has 10 heteroatoms. The number of pyridine rings is 1. The van der Waals surface area contributed by atoms with Crippen LogP contribution in [-0.2, 0) is 11.3 Å². The Bertz CT molecular complexity index is 853. The third kappa shape index (κ3) is 6.77. The van der Waals surface area contributed by atoms with Crippen molar-refractivity contribution in [3.05, 3.63) is 69.9 Å². The lowest BCUT2D eigenvalue weighted by molar-refractivity contribution is -0.384. The Kier molecular flexibility index (Phi) is 6.47. The fraction of sp³-hybridized carbons (Fsp3) is 0.176. The lowest BCUT2D eigenvalue weighted by Crippen LogP contribution is -2.23. The summed E-state index contributed by atoms with van der Waals surface area (Å²) in [5.74, 6) is -0.759. The van der Waals surface area contributed by atoms with Gasteiger partial charge in [-0.25, -0.2) is 4.98 Å². The van der Waals surface area contributed by atoms with Crippen molar-refractivity contribution < 1.29 is 27.6 Å². The molecule has 0 aliphatic carbocycles. The summed E-state index contributed by atoms with van der Waals surface area (Å²) in [4.78, 5) is 25.7. The van der Waals surface area contributed by atoms with Crippen molar-refractivity contribution in [1.29, 1.82) is 0 Å². The van der Waals surface area contributed by atoms with E-state index in [0.717, 1.165) is 6.08 Å². The average Bonchev–Trinajstić information content (AvgIpc) is 2.63. The maximum absolute atomic E-state index is 12.3. The molecule has 1 amide bonds. The van der Waals surface area contributed by atoms with Crippen LogP contribution in [0, 0.1) is 10.1 Å². The predicted molar refractivity (Wildman–Crippen MR) is 89.8 cm³/mol. The molecule has 0 atom stereocenters. The van der Waals surface area contributed by atoms with Crippen LogP contribution in [0.4, 0.5) is 18.9 Å². The number of nitrogens with zero attached hydrogens (tertiary/aromatic N) is 2. The number of hydrogen-bond acceptors (Lipinski definition) is 5. The Morgan fingerprint density at radius 3 is 2.78 bits per heavy atom. The number of carbonyl (C=O) groups is 1. The van der Waals surface area contributed by atoms with Gasteiger partial charge in [-0.3, -0.25) is 14.9 Å². The van der Waals surface area contributed by atoms with E-state index in [-0.39, 0.29) is 23.7 Å². The number of aromatic nitrogens is 1. The zero-order valence-electron chi connectivity index (χ0n) is 13.8. The number of hydrogen-bond donors (Lipinski definition) is 1. The standard InChI is InChI=1S/C17H14F3N3O4/c18-17(19,20)11-27-16-13(4-2-8-21-16)10-22-15(24)7-6-12-3-1-5-14(9-12)23(25)26/h1-9H,10-11H2,(H,22,24)/b7-6+. The zero-order valence-corrected chi connectivity index (χ0v) is 13.8. The van der Waals surface area contributed by atoms with Crippen LogP contribution in [0.3, 0.4) is 0 Å². The summed E-state index contributed by atoms with van der Waals surface area (Å²) < 4.78 is 41.4. The molecule has 2 aromatic rings. The minimum atomic E-state index is -4.50. The molecule has 0 spiro atoms. The number of ether oxygens (including phenoxy) is 1. The first-order chi connectivity index (χ1) is 12.7. The van der Waals surface area contributed by atoms with E-state index in [1.807, 2.05) is 0 Å². The molecule has 0 saturated heterocycles. The smallest absolute Gasteiger partial charge is 0.422 e. The molecule has 2 rings (SSSR count). The van der Waals surface area contributed by atoms with Crippen LogP contribution < -0.4 is 10.1 Å². The Labute approximate surface area is 151 Å². The molecule has 1 heterocycles. The van der Waals surface area contributed by atoms with Gasteiger partial charge in [-0.15, -0.1) is 0 Å². The van der Waals surface area contributed by atoms with Crippen molar-refractivity contribution in [1.82, 2.24) is 10.3 Å². The second-order valence-corrected chi connectivity index (χ2v) is 5.27. The summed E-state index contributed by atoms with van der Waals surface area (Å²) in [6.45, 7) is -1.59. The molecular weight excluding hydrogens is 367 g/mol. The van der Waals surface area contributed by atoms with Crippen LogP contribution in [0.5, 0.6) is 5.88 Å². The quantitative estimate of drug-likeness (QED) is 0.451. The maximum Gasteiger partial charge on any atom is 0.422 e. The largest absolute Gasteiger partial charge is 0.468 e. The number of nitrogens with one attached hydrogen (secondary N) is 1. The highest BCUT2D eigenvalue weighted by molar-refractivity contribution is 5.91. The minimum absolute atomic E-state index is 0.0981. The van der Waals surface area contributed by atoms with Crippen LogP contribution in [0.1, 0.15) is 11.1 Å². The van der Waals surface area contributed by atoms with Crippen molar-refractivity contribution in [3.8, 4) is 5.88 Å². The maximum atomic E-state index is 12.3. The van der Waals surface area contributed by atoms with E-state index in [1.165, 1.54) is 42.6 Å². The second kappa shape index (κ2) is 8.79. The van der Waals surface area contributed by atoms with Gasteiger partial charge in [0.25, 0.3) is 5.69 Å². The van der Waals surface area contributed by atoms with Gasteiger partial charge in [0.1, 0.15) is 0 Å². The lowest BCUT2D eigenvalue weighted by Gasteiger charge is -2.12. The first kappa shape index (κ1) is 19.9. The fourth-order valence-corrected chi connectivity index (χ4v) is 1.99. The molecule has 1 N–H and O–H groups in total. The molecule has 27 heavy (non-hydrogen) atoms. The van der Waals surface area contributed by atoms with Crippen molar-refractivity contribution in [2.24, 2.45) is 0 Å². The van der Waals surface area contributed by atoms with Crippen LogP contribution in [-0.4, -0.2) is 28.6 Å². The summed E-state index contributed by atoms with van der Waals surface area (Å²) in [6, 6.07) is 8.66. The summed E-state index contributed by atoms with van der Waals surface area (Å²) in [6.07, 6.45) is -0.684. The Morgan fingerprint density at radius 2 is 2.07 bits per heavy atom. The summed E-state index contributed by atoms with van der Waals surface area (Å²) >= 11 is 0. The summed E-state index contributed by atoms with van der Waals surface area (Å²) in [5, 5.41) is 13.2. The SMILES string of the molecule is O=C(/C=C/c1cccc([N+](=O)[O-])c1)NCc1cccnc1OCC(F)(F)F. The fourth-order valence-electron chi connectivity index (χ4n) is 1.99. The van der Waals surface area contributed by atoms with Crippen LogP contribution in [0.2, 0.25) is 0 Å². The number of benzene rings is 1. The Morgan fingerprint density at radius 1 is 1.30 bits per heavy atom. The molecule has 0 saturated carbocycles. The molecule has 0 fully saturated rings. The number of non-ortho nitro benzene ring substituents is 1. The normalized spacial score (nSPS) is 11.4. The van der Waals surface area contributed by atoms with Crippen molar-refractivity contribution in [3.63, 3.8) is 0 Å². The van der Waals surface area contributed by atoms with E-state index < -0.39 is 23.6 Å². The number of nitro benzene ring substituents is 1. The van der Waals surface area contributed by atoms with E-state index in [1.54, 1.807) is 6.07 Å². The lowest BCUT2D eigenvalue weighted by atomic mass is 10.2. The molecule has 0 aliphatic rings. The van der Waals surface area contributed by atoms with E-state index in [9.17, 15) is 28.1 Å². The van der Waals surface area contributed by atoms with Gasteiger partial charge in [-0.2, -0.15) is 13.2 Å². The van der Waals surface area contributed by atoms with E-state index in [0.29, 0.717) is 5.56 Å². The van der Waals surface area contributed by atoms with Crippen molar-refractivity contribution >= 4 is 17.7 Å². The molecule has 7 nitrogen and oxygen atoms in total. The number of carbonyl (C=O) groups excluding carboxylic acids is 1. The van der Waals surface area contributed by atoms with Crippen LogP contribution >= 0.6 is 0 Å². The number of nitro groups is 1. The topological polar surface area (TPSA) is 94.4 Å². The van der Waals surface area contributed by atoms with Crippen molar-refractivity contribution in [2.45, 2.75) is 12.7 Å². The second-order valence-electron chi connectivity index (χ2n) is 5.27. The number of alkyl halides is 3. The Hall–Kier alpha value is -3.43. The first-order valence-corrected chi connectivity index (χ1v) is 7.58. The monoisotopic (exact) mass is 381 g/mol. The number of amides is 1. The summed E-state index contributed by atoms with van der Waals surface area (Å²) in [5.41, 5.74) is 0.619. The first-order valence-electron chi connectivity index (χ1n) is 7.58. The Balaban J connectivity index is 1.96. The highest BCUT2D eigenvalue weighted by Gasteiger charge is 2.29. The van der Waals surface area contributed by atoms with Gasteiger partial charge in [0.2, 0.25) is 11.8 Å². The van der Waals surface area contributed by atoms with E-state index in [2.05, 4.69) is 15.0 Å². The van der Waals surface area contributed by atoms with Crippen LogP contribution in [0.15, 0.2) is 48.7 Å². The van der Waals surface area contributed by atoms with Crippen molar-refractivity contribution in [2.75, 3.05) is 6.61 Å². The van der Waals surface area contributed by atoms with Crippen LogP contribution in [0.25, 0.3) is 6.08 Å². The molecule has 0 radical (unpaired) electrons. The molecule has 0 unspecified atom stereocenters. The van der Waals surface area contributed by atoms with Gasteiger partial charge in [0, 0.05) is 36.5 Å². The van der Waals surface area contributed by atoms with Gasteiger partial charge in [-0.05, 0) is 17.7 Å². The molecular formula is C17H14F3N3O4. The van der Waals surface area contributed by atoms with E-state index >= 15 is 0 Å². The van der Waals surface area contributed by atoms with Gasteiger partial charge >= 0.3 is 6.18 Å². The molecule has 1 aromatic heterocycles. The van der Waals surface area contributed by atoms with Gasteiger partial charge < -0.3 is 10.1 Å². The van der Waals surface area contributed by atoms with Gasteiger partial charge in [-0.1, -0.05) is 18.2 Å². The number of halogens is 3. The predicted octanol–water partition coefficient (Wildman–Crippen LogP) is 3.26. The molecule has 0 bridgehead atoms. The zero-order chi connectivity index (χ0) is 19.9.